The van der Waals surface area contributed by atoms with Crippen molar-refractivity contribution in [3.63, 3.8) is 0 Å². The van der Waals surface area contributed by atoms with Gasteiger partial charge in [0.1, 0.15) is 6.04 Å². The summed E-state index contributed by atoms with van der Waals surface area (Å²) in [6, 6.07) is 7.99. The third-order valence-electron chi connectivity index (χ3n) is 5.34. The number of aliphatic hydroxyl groups excluding tert-OH is 1. The van der Waals surface area contributed by atoms with Gasteiger partial charge in [-0.25, -0.2) is 0 Å². The van der Waals surface area contributed by atoms with E-state index in [0.717, 1.165) is 12.1 Å². The first-order chi connectivity index (χ1) is 13.9. The molecule has 5 atom stereocenters. The van der Waals surface area contributed by atoms with Crippen molar-refractivity contribution in [1.29, 1.82) is 0 Å². The number of amides is 2. The second-order valence-electron chi connectivity index (χ2n) is 7.54. The second kappa shape index (κ2) is 11.0. The van der Waals surface area contributed by atoms with Gasteiger partial charge < -0.3 is 26.8 Å². The zero-order valence-electron chi connectivity index (χ0n) is 17.1. The molecule has 6 N–H and O–H groups in total. The van der Waals surface area contributed by atoms with E-state index in [1.165, 1.54) is 6.92 Å². The van der Waals surface area contributed by atoms with E-state index in [2.05, 4.69) is 16.0 Å². The molecule has 1 fully saturated rings. The number of piperidine rings is 1. The van der Waals surface area contributed by atoms with Crippen LogP contribution in [0.15, 0.2) is 30.3 Å². The fourth-order valence-corrected chi connectivity index (χ4v) is 3.58. The van der Waals surface area contributed by atoms with Crippen molar-refractivity contribution >= 4 is 17.6 Å². The fourth-order valence-electron chi connectivity index (χ4n) is 3.58. The lowest BCUT2D eigenvalue weighted by molar-refractivity contribution is -0.135. The zero-order valence-corrected chi connectivity index (χ0v) is 17.1. The first kappa shape index (κ1) is 23.0. The van der Waals surface area contributed by atoms with Crippen molar-refractivity contribution in [1.82, 2.24) is 16.0 Å². The lowest BCUT2D eigenvalue weighted by Crippen LogP contribution is -2.58. The van der Waals surface area contributed by atoms with Gasteiger partial charge in [-0.05, 0) is 24.8 Å². The molecule has 1 heterocycles. The molecular weight excluding hydrogens is 372 g/mol. The zero-order chi connectivity index (χ0) is 21.4. The summed E-state index contributed by atoms with van der Waals surface area (Å²) in [7, 11) is 0. The van der Waals surface area contributed by atoms with Crippen LogP contribution >= 0.6 is 0 Å². The summed E-state index contributed by atoms with van der Waals surface area (Å²) in [6.07, 6.45) is -0.227. The summed E-state index contributed by atoms with van der Waals surface area (Å²) in [6.45, 7) is 4.36. The molecule has 0 saturated carbocycles. The van der Waals surface area contributed by atoms with Gasteiger partial charge in [0.25, 0.3) is 0 Å². The lowest BCUT2D eigenvalue weighted by Gasteiger charge is -2.31. The molecule has 1 saturated heterocycles. The summed E-state index contributed by atoms with van der Waals surface area (Å²) in [5.41, 5.74) is 6.73. The van der Waals surface area contributed by atoms with Gasteiger partial charge in [-0.3, -0.25) is 14.4 Å². The highest BCUT2D eigenvalue weighted by Crippen LogP contribution is 2.26. The number of rotatable bonds is 9. The minimum Gasteiger partial charge on any atom is -0.391 e. The number of aliphatic hydroxyl groups is 1. The van der Waals surface area contributed by atoms with E-state index < -0.39 is 24.1 Å². The monoisotopic (exact) mass is 404 g/mol. The number of ketones is 1. The van der Waals surface area contributed by atoms with Gasteiger partial charge >= 0.3 is 0 Å². The Morgan fingerprint density at radius 2 is 1.90 bits per heavy atom. The molecule has 2 unspecified atom stereocenters. The van der Waals surface area contributed by atoms with Crippen LogP contribution in [0.25, 0.3) is 0 Å². The van der Waals surface area contributed by atoms with Gasteiger partial charge in [0, 0.05) is 26.1 Å². The average molecular weight is 405 g/mol. The van der Waals surface area contributed by atoms with E-state index in [1.807, 2.05) is 30.3 Å². The number of nitrogens with one attached hydrogen (secondary N) is 3. The second-order valence-corrected chi connectivity index (χ2v) is 7.54. The predicted octanol–water partition coefficient (Wildman–Crippen LogP) is -0.332. The average Bonchev–Trinajstić information content (AvgIpc) is 2.75. The van der Waals surface area contributed by atoms with Crippen molar-refractivity contribution in [2.24, 2.45) is 11.7 Å². The summed E-state index contributed by atoms with van der Waals surface area (Å²) >= 11 is 0. The number of carbonyl (C=O) groups excluding carboxylic acids is 3. The summed E-state index contributed by atoms with van der Waals surface area (Å²) in [4.78, 5) is 37.2. The van der Waals surface area contributed by atoms with Crippen LogP contribution < -0.4 is 21.7 Å². The molecule has 8 heteroatoms. The first-order valence-electron chi connectivity index (χ1n) is 10.1. The highest BCUT2D eigenvalue weighted by Gasteiger charge is 2.33. The van der Waals surface area contributed by atoms with E-state index in [1.54, 1.807) is 6.92 Å². The Bertz CT molecular complexity index is 695. The molecule has 0 bridgehead atoms. The minimum absolute atomic E-state index is 0.0375. The lowest BCUT2D eigenvalue weighted by atomic mass is 9.85. The van der Waals surface area contributed by atoms with E-state index in [0.29, 0.717) is 13.0 Å². The molecular formula is C21H32N4O4. The third kappa shape index (κ3) is 6.35. The van der Waals surface area contributed by atoms with Crippen LogP contribution in [0, 0.1) is 5.92 Å². The molecule has 160 valence electrons. The van der Waals surface area contributed by atoms with Crippen molar-refractivity contribution in [2.75, 3.05) is 19.6 Å². The van der Waals surface area contributed by atoms with Crippen LogP contribution in [0.2, 0.25) is 0 Å². The molecule has 29 heavy (non-hydrogen) atoms. The van der Waals surface area contributed by atoms with Crippen molar-refractivity contribution in [3.8, 4) is 0 Å². The van der Waals surface area contributed by atoms with Crippen LogP contribution in [0.5, 0.6) is 0 Å². The van der Waals surface area contributed by atoms with Gasteiger partial charge in [-0.2, -0.15) is 0 Å². The van der Waals surface area contributed by atoms with E-state index in [9.17, 15) is 19.5 Å². The summed E-state index contributed by atoms with van der Waals surface area (Å²) in [5.74, 6) is -1.24. The highest BCUT2D eigenvalue weighted by molar-refractivity contribution is 5.93. The molecule has 1 aromatic carbocycles. The molecule has 1 aromatic rings. The maximum Gasteiger partial charge on any atom is 0.245 e. The standard InChI is InChI=1S/C21H32N4O4/c1-3-18(27)17(10-22)24-21(29)19(13(2)26)25-20(28)16-9-15(11-23-12-16)14-7-5-4-6-8-14/h4-8,13,15-17,19,23,26H,3,9-12,22H2,1-2H3,(H,24,29)(H,25,28)/t13-,15?,16?,17-,19-/m0/s1. The van der Waals surface area contributed by atoms with Crippen molar-refractivity contribution in [3.05, 3.63) is 35.9 Å². The molecule has 2 amide bonds. The highest BCUT2D eigenvalue weighted by atomic mass is 16.3. The van der Waals surface area contributed by atoms with Crippen LogP contribution in [0.1, 0.15) is 38.2 Å². The maximum atomic E-state index is 12.8. The third-order valence-corrected chi connectivity index (χ3v) is 5.34. The van der Waals surface area contributed by atoms with Crippen molar-refractivity contribution in [2.45, 2.75) is 50.8 Å². The Balaban J connectivity index is 2.01. The van der Waals surface area contributed by atoms with Gasteiger partial charge in [0.2, 0.25) is 11.8 Å². The molecule has 0 radical (unpaired) electrons. The Hall–Kier alpha value is -2.29. The SMILES string of the molecule is CCC(=O)[C@H](CN)NC(=O)[C@@H](NC(=O)C1CNCC(c2ccccc2)C1)[C@H](C)O. The van der Waals surface area contributed by atoms with Crippen LogP contribution in [-0.4, -0.2) is 60.5 Å². The van der Waals surface area contributed by atoms with Crippen LogP contribution in [0.4, 0.5) is 0 Å². The molecule has 1 aliphatic heterocycles. The van der Waals surface area contributed by atoms with E-state index in [4.69, 9.17) is 5.73 Å². The number of benzene rings is 1. The Morgan fingerprint density at radius 1 is 1.21 bits per heavy atom. The molecule has 8 nitrogen and oxygen atoms in total. The Morgan fingerprint density at radius 3 is 2.48 bits per heavy atom. The fraction of sp³-hybridized carbons (Fsp3) is 0.571. The Labute approximate surface area is 171 Å². The normalized spacial score (nSPS) is 22.2. The summed E-state index contributed by atoms with van der Waals surface area (Å²) in [5, 5.41) is 18.5. The molecule has 0 aromatic heterocycles. The summed E-state index contributed by atoms with van der Waals surface area (Å²) < 4.78 is 0. The quantitative estimate of drug-likeness (QED) is 0.383. The number of carbonyl (C=O) groups is 3. The van der Waals surface area contributed by atoms with Gasteiger partial charge in [0.15, 0.2) is 5.78 Å². The molecule has 1 aliphatic rings. The van der Waals surface area contributed by atoms with E-state index >= 15 is 0 Å². The van der Waals surface area contributed by atoms with Crippen LogP contribution in [-0.2, 0) is 14.4 Å². The Kier molecular flexibility index (Phi) is 8.75. The number of hydrogen-bond donors (Lipinski definition) is 5. The molecule has 0 spiro atoms. The smallest absolute Gasteiger partial charge is 0.245 e. The van der Waals surface area contributed by atoms with E-state index in [-0.39, 0.29) is 36.5 Å². The largest absolute Gasteiger partial charge is 0.391 e. The molecule has 0 aliphatic carbocycles. The van der Waals surface area contributed by atoms with Crippen LogP contribution in [0.3, 0.4) is 0 Å². The van der Waals surface area contributed by atoms with Gasteiger partial charge in [0.05, 0.1) is 18.1 Å². The van der Waals surface area contributed by atoms with Gasteiger partial charge in [-0.1, -0.05) is 37.3 Å². The predicted molar refractivity (Wildman–Crippen MR) is 110 cm³/mol. The number of Topliss-reactive ketones (excluding diaryl/α,β-unsaturated/α-hetero) is 1. The number of nitrogens with two attached hydrogens (primary N) is 1. The maximum absolute atomic E-state index is 12.8. The molecule has 2 rings (SSSR count). The minimum atomic E-state index is -1.15. The number of hydrogen-bond acceptors (Lipinski definition) is 6. The topological polar surface area (TPSA) is 134 Å². The van der Waals surface area contributed by atoms with Crippen molar-refractivity contribution < 1.29 is 19.5 Å². The van der Waals surface area contributed by atoms with Gasteiger partial charge in [-0.15, -0.1) is 0 Å². The first-order valence-corrected chi connectivity index (χ1v) is 10.1.